The van der Waals surface area contributed by atoms with Crippen LogP contribution in [0, 0.1) is 0 Å². The second kappa shape index (κ2) is 43.3. The van der Waals surface area contributed by atoms with Crippen LogP contribution >= 0.6 is 7.82 Å². The maximum absolute atomic E-state index is 12.6. The zero-order chi connectivity index (χ0) is 46.5. The Balaban J connectivity index is 4.66. The van der Waals surface area contributed by atoms with Gasteiger partial charge in [0.1, 0.15) is 12.7 Å². The zero-order valence-electron chi connectivity index (χ0n) is 37.7. The van der Waals surface area contributed by atoms with Gasteiger partial charge in [-0.2, -0.15) is 0 Å². The van der Waals surface area contributed by atoms with Crippen molar-refractivity contribution < 1.29 is 58.0 Å². The molecule has 0 rings (SSSR count). The van der Waals surface area contributed by atoms with Crippen LogP contribution in [-0.2, 0) is 32.7 Å². The van der Waals surface area contributed by atoms with E-state index in [0.29, 0.717) is 38.5 Å². The SMILES string of the molecule is CC/C=C\C[C@@H](O)/C=C/C=C\C=C\[C@@H](O)C/C=C\C/C=C\CCC(=O)OC[C@H](COP(=O)(O)OC[C@@H](O)CO)OC(=O)CC/C=C\C/C=C\C/C=C\C/C=C\C/C=C\CCCCC. The van der Waals surface area contributed by atoms with Crippen LogP contribution in [0.3, 0.4) is 0 Å². The zero-order valence-corrected chi connectivity index (χ0v) is 38.6. The van der Waals surface area contributed by atoms with Crippen LogP contribution in [0.1, 0.15) is 117 Å². The van der Waals surface area contributed by atoms with E-state index in [9.17, 15) is 34.4 Å². The molecule has 5 atom stereocenters. The summed E-state index contributed by atoms with van der Waals surface area (Å²) in [5.41, 5.74) is 0. The van der Waals surface area contributed by atoms with Crippen molar-refractivity contribution >= 4 is 19.8 Å². The maximum atomic E-state index is 12.6. The first-order chi connectivity index (χ1) is 30.5. The smallest absolute Gasteiger partial charge is 0.462 e. The third-order valence-electron chi connectivity index (χ3n) is 8.48. The molecule has 354 valence electrons. The molecule has 0 saturated heterocycles. The molecule has 0 aliphatic carbocycles. The van der Waals surface area contributed by atoms with Gasteiger partial charge in [0.05, 0.1) is 32.0 Å². The van der Waals surface area contributed by atoms with Crippen molar-refractivity contribution in [2.75, 3.05) is 26.4 Å². The van der Waals surface area contributed by atoms with Crippen molar-refractivity contribution in [1.29, 1.82) is 0 Å². The minimum Gasteiger partial charge on any atom is -0.462 e. The standard InChI is InChI=1S/C50H77O12P/c1-3-5-7-8-9-10-11-12-13-14-15-16-17-18-19-20-21-26-34-40-50(56)62-48(44-61-63(57,58)60-42-47(54)41-51)43-59-49(55)39-33-25-23-22-24-30-36-46(53)38-32-28-27-31-37-45(52)35-29-6-4-2/h6,9-10,12-13,15-16,18-19,21,23-32,37-38,45-48,51-54H,3-5,7-8,11,14,17,20,22,33-36,39-44H2,1-2H3,(H,57,58)/b10-9-,13-12-,16-15-,19-18-,25-23-,26-21-,28-27-,29-6-,30-24-,37-31+,38-32+/t45-,46+,47+,48-/m1/s1. The molecule has 5 N–H and O–H groups in total. The van der Waals surface area contributed by atoms with Gasteiger partial charge in [0.2, 0.25) is 0 Å². The summed E-state index contributed by atoms with van der Waals surface area (Å²) in [6.07, 6.45) is 50.8. The number of esters is 2. The molecule has 0 aliphatic heterocycles. The molecular formula is C50H77O12P. The third-order valence-corrected chi connectivity index (χ3v) is 9.43. The van der Waals surface area contributed by atoms with Crippen molar-refractivity contribution in [3.8, 4) is 0 Å². The fraction of sp³-hybridized carbons (Fsp3) is 0.520. The van der Waals surface area contributed by atoms with E-state index in [4.69, 9.17) is 19.1 Å². The van der Waals surface area contributed by atoms with E-state index >= 15 is 0 Å². The number of ether oxygens (including phenoxy) is 2. The Morgan fingerprint density at radius 3 is 1.52 bits per heavy atom. The molecule has 12 nitrogen and oxygen atoms in total. The first-order valence-corrected chi connectivity index (χ1v) is 23.9. The maximum Gasteiger partial charge on any atom is 0.472 e. The molecule has 13 heteroatoms. The summed E-state index contributed by atoms with van der Waals surface area (Å²) in [5, 5.41) is 38.3. The highest BCUT2D eigenvalue weighted by molar-refractivity contribution is 7.47. The van der Waals surface area contributed by atoms with Crippen LogP contribution < -0.4 is 0 Å². The van der Waals surface area contributed by atoms with Crippen molar-refractivity contribution in [2.45, 2.75) is 141 Å². The lowest BCUT2D eigenvalue weighted by Gasteiger charge is -2.20. The Hall–Kier alpha value is -3.97. The van der Waals surface area contributed by atoms with Gasteiger partial charge in [0, 0.05) is 12.8 Å². The Kier molecular flexibility index (Phi) is 40.6. The van der Waals surface area contributed by atoms with E-state index in [0.717, 1.165) is 32.1 Å². The van der Waals surface area contributed by atoms with Crippen molar-refractivity contribution in [3.05, 3.63) is 134 Å². The van der Waals surface area contributed by atoms with Crippen LogP contribution in [0.5, 0.6) is 0 Å². The molecule has 0 bridgehead atoms. The topological polar surface area (TPSA) is 189 Å². The van der Waals surface area contributed by atoms with E-state index < -0.39 is 70.6 Å². The fourth-order valence-corrected chi connectivity index (χ4v) is 5.79. The number of hydrogen-bond donors (Lipinski definition) is 5. The van der Waals surface area contributed by atoms with Crippen LogP contribution in [0.15, 0.2) is 134 Å². The normalized spacial score (nSPS) is 16.0. The van der Waals surface area contributed by atoms with Gasteiger partial charge in [-0.3, -0.25) is 18.6 Å². The monoisotopic (exact) mass is 901 g/mol. The lowest BCUT2D eigenvalue weighted by atomic mass is 10.2. The van der Waals surface area contributed by atoms with Crippen molar-refractivity contribution in [1.82, 2.24) is 0 Å². The summed E-state index contributed by atoms with van der Waals surface area (Å²) < 4.78 is 32.5. The average molecular weight is 901 g/mol. The molecule has 0 aromatic heterocycles. The van der Waals surface area contributed by atoms with Crippen LogP contribution in [0.2, 0.25) is 0 Å². The fourth-order valence-electron chi connectivity index (χ4n) is 5.00. The molecule has 0 aromatic rings. The van der Waals surface area contributed by atoms with E-state index in [1.54, 1.807) is 36.5 Å². The molecule has 0 heterocycles. The van der Waals surface area contributed by atoms with E-state index in [1.165, 1.54) is 19.3 Å². The second-order valence-electron chi connectivity index (χ2n) is 14.4. The summed E-state index contributed by atoms with van der Waals surface area (Å²) >= 11 is 0. The van der Waals surface area contributed by atoms with E-state index in [1.807, 2.05) is 61.6 Å². The highest BCUT2D eigenvalue weighted by Crippen LogP contribution is 2.43. The van der Waals surface area contributed by atoms with Crippen LogP contribution in [0.4, 0.5) is 0 Å². The average Bonchev–Trinajstić information content (AvgIpc) is 3.26. The van der Waals surface area contributed by atoms with E-state index in [-0.39, 0.29) is 12.8 Å². The first-order valence-electron chi connectivity index (χ1n) is 22.4. The van der Waals surface area contributed by atoms with Crippen molar-refractivity contribution in [3.63, 3.8) is 0 Å². The van der Waals surface area contributed by atoms with Gasteiger partial charge in [0.15, 0.2) is 6.10 Å². The minimum atomic E-state index is -4.69. The summed E-state index contributed by atoms with van der Waals surface area (Å²) in [4.78, 5) is 35.0. The van der Waals surface area contributed by atoms with Gasteiger partial charge in [-0.05, 0) is 77.0 Å². The lowest BCUT2D eigenvalue weighted by Crippen LogP contribution is -2.29. The van der Waals surface area contributed by atoms with Crippen LogP contribution in [0.25, 0.3) is 0 Å². The third kappa shape index (κ3) is 43.1. The molecular weight excluding hydrogens is 824 g/mol. The van der Waals surface area contributed by atoms with Crippen LogP contribution in [-0.4, -0.2) is 88.1 Å². The molecule has 0 aliphatic rings. The van der Waals surface area contributed by atoms with E-state index in [2.05, 4.69) is 54.0 Å². The summed E-state index contributed by atoms with van der Waals surface area (Å²) in [7, 11) is -4.69. The Labute approximate surface area is 377 Å². The Morgan fingerprint density at radius 1 is 0.556 bits per heavy atom. The molecule has 0 radical (unpaired) electrons. The van der Waals surface area contributed by atoms with Gasteiger partial charge in [0.25, 0.3) is 0 Å². The largest absolute Gasteiger partial charge is 0.472 e. The first kappa shape index (κ1) is 59.0. The number of aliphatic hydroxyl groups is 4. The summed E-state index contributed by atoms with van der Waals surface area (Å²) in [6.45, 7) is 1.84. The highest BCUT2D eigenvalue weighted by Gasteiger charge is 2.27. The van der Waals surface area contributed by atoms with Crippen molar-refractivity contribution in [2.24, 2.45) is 0 Å². The minimum absolute atomic E-state index is 0.0137. The quantitative estimate of drug-likeness (QED) is 0.0129. The van der Waals surface area contributed by atoms with Gasteiger partial charge in [-0.15, -0.1) is 0 Å². The lowest BCUT2D eigenvalue weighted by molar-refractivity contribution is -0.161. The number of unbranched alkanes of at least 4 members (excludes halogenated alkanes) is 3. The predicted molar refractivity (Wildman–Crippen MR) is 253 cm³/mol. The molecule has 0 amide bonds. The van der Waals surface area contributed by atoms with Gasteiger partial charge < -0.3 is 34.8 Å². The highest BCUT2D eigenvalue weighted by atomic mass is 31.2. The van der Waals surface area contributed by atoms with Gasteiger partial charge in [-0.1, -0.05) is 160 Å². The second-order valence-corrected chi connectivity index (χ2v) is 15.8. The molecule has 0 saturated carbocycles. The number of phosphoric acid groups is 1. The molecule has 1 unspecified atom stereocenters. The number of phosphoric ester groups is 1. The van der Waals surface area contributed by atoms with Gasteiger partial charge >= 0.3 is 19.8 Å². The Bertz CT molecular complexity index is 1530. The summed E-state index contributed by atoms with van der Waals surface area (Å²) in [6, 6.07) is 0. The van der Waals surface area contributed by atoms with Gasteiger partial charge in [-0.25, -0.2) is 4.57 Å². The number of aliphatic hydroxyl groups excluding tert-OH is 4. The number of hydrogen-bond acceptors (Lipinski definition) is 11. The molecule has 0 fully saturated rings. The molecule has 0 spiro atoms. The number of carbonyl (C=O) groups excluding carboxylic acids is 2. The number of carbonyl (C=O) groups is 2. The Morgan fingerprint density at radius 2 is 1.02 bits per heavy atom. The molecule has 63 heavy (non-hydrogen) atoms. The molecule has 0 aromatic carbocycles. The number of rotatable bonds is 39. The predicted octanol–water partition coefficient (Wildman–Crippen LogP) is 10.0. The number of allylic oxidation sites excluding steroid dienone is 18. The summed E-state index contributed by atoms with van der Waals surface area (Å²) in [5.74, 6) is -1.20.